The number of nitrogens with one attached hydrogen (secondary N) is 3. The van der Waals surface area contributed by atoms with Gasteiger partial charge >= 0.3 is 26.0 Å². The maximum Gasteiger partial charge on any atom is 0.524 e. The first kappa shape index (κ1) is 69.1. The molecule has 9 N–H and O–H groups in total. The maximum absolute atomic E-state index is 15.3. The van der Waals surface area contributed by atoms with Crippen LogP contribution in [0.4, 0.5) is 31.4 Å². The van der Waals surface area contributed by atoms with Crippen LogP contribution in [0.25, 0.3) is 21.5 Å². The van der Waals surface area contributed by atoms with Gasteiger partial charge < -0.3 is 65.8 Å². The number of anilines is 3. The van der Waals surface area contributed by atoms with Crippen molar-refractivity contribution in [3.63, 3.8) is 0 Å². The molecule has 8 aliphatic rings. The highest BCUT2D eigenvalue weighted by molar-refractivity contribution is 7.46. The minimum absolute atomic E-state index is 0.000193. The van der Waals surface area contributed by atoms with E-state index in [9.17, 15) is 47.9 Å². The summed E-state index contributed by atoms with van der Waals surface area (Å²) in [5.41, 5.74) is 13.6. The summed E-state index contributed by atoms with van der Waals surface area (Å²) >= 11 is 13.3. The van der Waals surface area contributed by atoms with Gasteiger partial charge in [-0.3, -0.25) is 33.8 Å². The Morgan fingerprint density at radius 3 is 1.67 bits per heavy atom. The van der Waals surface area contributed by atoms with Crippen LogP contribution in [0, 0.1) is 64.1 Å². The van der Waals surface area contributed by atoms with Gasteiger partial charge in [0.25, 0.3) is 0 Å². The van der Waals surface area contributed by atoms with Crippen molar-refractivity contribution in [2.45, 2.75) is 90.2 Å². The molecule has 97 heavy (non-hydrogen) atoms. The lowest BCUT2D eigenvalue weighted by molar-refractivity contribution is -0.623. The predicted molar refractivity (Wildman–Crippen MR) is 363 cm³/mol. The summed E-state index contributed by atoms with van der Waals surface area (Å²) in [5.74, 6) is -2.82. The molecule has 0 saturated heterocycles. The molecule has 2 aliphatic heterocycles. The third-order valence-corrected chi connectivity index (χ3v) is 23.1. The highest BCUT2D eigenvalue weighted by Crippen LogP contribution is 3.10. The third kappa shape index (κ3) is 11.8. The summed E-state index contributed by atoms with van der Waals surface area (Å²) in [7, 11) is -1.89. The van der Waals surface area contributed by atoms with E-state index in [1.54, 1.807) is 74.3 Å². The number of hydrogen-bond acceptors (Lipinski definition) is 14. The van der Waals surface area contributed by atoms with Crippen LogP contribution in [0.2, 0.25) is 0 Å². The van der Waals surface area contributed by atoms with Crippen molar-refractivity contribution < 1.29 is 71.5 Å². The van der Waals surface area contributed by atoms with Gasteiger partial charge in [0, 0.05) is 124 Å². The molecule has 0 bridgehead atoms. The standard InChI is InChI=1S/C70H82Cl2N9O15P/c1-36(2)61(77-63(85)39(27-37(3)82)13-10-11-23-73)50(83)28-40(14-12-24-75-66(74)88)62(84)76-43-21-19-38(20-22-43)35-94-67(89)78(4)25-26-79(5)68(90)95-51-29-48-53(46-17-8-6-15-44(46)51)41(31-71)33-80(48)64(86)69-55-58-56(69)60-57(69)59(55)70(58,60)65(87)81-34-42(32-72)54-47-18-9-7-16-45(47)52(30-49(54)81)96-97(91,92)93/h6-9,15-22,29-30,36,39-42,55-61H,10-14,23-28,31-35,73H2,1-5H3,(H,76,84)(H,77,85)(H3,74,75,88)(H2,91,92,93)/t39-,40?,41?,42?,55?,56?,57?,58?,59?,60?,61?,69?,70?/m1/s1. The number of ketones is 2. The number of benzene rings is 5. The number of phosphoric ester groups is 1. The second-order valence-corrected chi connectivity index (χ2v) is 29.5. The van der Waals surface area contributed by atoms with E-state index < -0.39 is 66.6 Å². The molecule has 6 aliphatic carbocycles. The molecule has 0 radical (unpaired) electrons. The van der Waals surface area contributed by atoms with Crippen molar-refractivity contribution in [3.05, 3.63) is 102 Å². The highest BCUT2D eigenvalue weighted by Gasteiger charge is 3.13. The van der Waals surface area contributed by atoms with Gasteiger partial charge in [-0.25, -0.2) is 18.9 Å². The molecule has 8 amide bonds. The number of halogens is 2. The van der Waals surface area contributed by atoms with E-state index >= 15 is 9.59 Å². The van der Waals surface area contributed by atoms with Gasteiger partial charge in [0.1, 0.15) is 23.9 Å². The lowest BCUT2D eigenvalue weighted by Gasteiger charge is -3.09. The van der Waals surface area contributed by atoms with Gasteiger partial charge in [0.05, 0.1) is 28.2 Å². The number of carbonyl (C=O) groups is 9. The van der Waals surface area contributed by atoms with E-state index in [4.69, 9.17) is 48.7 Å². The van der Waals surface area contributed by atoms with Crippen LogP contribution >= 0.6 is 31.0 Å². The first-order chi connectivity index (χ1) is 46.3. The molecule has 0 aromatic heterocycles. The summed E-state index contributed by atoms with van der Waals surface area (Å²) in [6.07, 6.45) is 0.712. The van der Waals surface area contributed by atoms with Crippen LogP contribution in [0.15, 0.2) is 84.9 Å². The number of hydrogen-bond donors (Lipinski definition) is 7. The number of likely N-dealkylation sites (N-methyl/N-ethyl adjacent to an activating group) is 2. The fraction of sp³-hybridized carbons (Fsp3) is 0.500. The topological polar surface area (TPSA) is 340 Å². The summed E-state index contributed by atoms with van der Waals surface area (Å²) in [4.78, 5) is 148. The number of alkyl halides is 2. The van der Waals surface area contributed by atoms with Crippen LogP contribution in [-0.2, 0) is 44.7 Å². The Hall–Kier alpha value is -7.86. The lowest BCUT2D eigenvalue weighted by Crippen LogP contribution is -3.12. The molecule has 5 aromatic carbocycles. The Labute approximate surface area is 571 Å². The van der Waals surface area contributed by atoms with Gasteiger partial charge in [-0.1, -0.05) is 80.9 Å². The van der Waals surface area contributed by atoms with E-state index in [0.29, 0.717) is 84.1 Å². The SMILES string of the molecule is CC(=O)C[C@@H](CCCCN)C(=O)NC(C(=O)CC(CCCNC(N)=O)C(=O)Nc1ccc(COC(=O)N(C)CCN(C)C(=O)Oc2cc3c(c4ccccc24)C(CCl)CN3C(=O)C23C4C5C2C2C3C4C52C(=O)N2CC(CCl)c3c2cc(OP(=O)(O)O)c2ccccc32)cc1)C(C)C. The molecular weight excluding hydrogens is 1310 g/mol. The van der Waals surface area contributed by atoms with E-state index in [0.717, 1.165) is 16.5 Å². The molecule has 6 saturated carbocycles. The summed E-state index contributed by atoms with van der Waals surface area (Å²) in [5, 5.41) is 10.9. The van der Waals surface area contributed by atoms with Gasteiger partial charge in [-0.2, -0.15) is 0 Å². The number of primary amides is 1. The number of phosphoric acid groups is 1. The molecule has 5 aromatic rings. The second-order valence-electron chi connectivity index (χ2n) is 27.7. The molecule has 27 heteroatoms. The van der Waals surface area contributed by atoms with Crippen LogP contribution in [-0.4, -0.2) is 144 Å². The fourth-order valence-corrected chi connectivity index (χ4v) is 18.7. The monoisotopic (exact) mass is 1390 g/mol. The van der Waals surface area contributed by atoms with Crippen molar-refractivity contribution in [1.82, 2.24) is 20.4 Å². The Balaban J connectivity index is 0.648. The summed E-state index contributed by atoms with van der Waals surface area (Å²) in [6, 6.07) is 22.9. The number of rotatable bonds is 30. The van der Waals surface area contributed by atoms with Gasteiger partial charge in [0.2, 0.25) is 23.6 Å². The smallest absolute Gasteiger partial charge is 0.445 e. The minimum atomic E-state index is -4.96. The predicted octanol–water partition coefficient (Wildman–Crippen LogP) is 8.77. The minimum Gasteiger partial charge on any atom is -0.445 e. The molecular formula is C70H82Cl2N9O15P. The fourth-order valence-electron chi connectivity index (χ4n) is 17.8. The van der Waals surface area contributed by atoms with E-state index in [1.165, 1.54) is 23.8 Å². The van der Waals surface area contributed by atoms with E-state index in [2.05, 4.69) is 16.0 Å². The number of carbonyl (C=O) groups excluding carboxylic acids is 9. The Kier molecular flexibility index (Phi) is 19.3. The maximum atomic E-state index is 15.3. The number of nitrogens with zero attached hydrogens (tertiary/aromatic N) is 4. The quantitative estimate of drug-likeness (QED) is 0.0128. The van der Waals surface area contributed by atoms with Crippen molar-refractivity contribution in [3.8, 4) is 11.5 Å². The van der Waals surface area contributed by atoms with Crippen LogP contribution < -0.4 is 46.5 Å². The number of fused-ring (bicyclic) bond motifs is 6. The summed E-state index contributed by atoms with van der Waals surface area (Å²) < 4.78 is 29.2. The van der Waals surface area contributed by atoms with Crippen molar-refractivity contribution in [2.24, 2.45) is 75.6 Å². The molecule has 0 spiro atoms. The number of Topliss-reactive ketones (excluding diaryl/α,β-unsaturated/α-hetero) is 2. The molecule has 13 rings (SSSR count). The van der Waals surface area contributed by atoms with Crippen LogP contribution in [0.3, 0.4) is 0 Å². The number of nitrogens with two attached hydrogens (primary N) is 2. The molecule has 6 fully saturated rings. The molecule has 5 atom stereocenters. The molecule has 516 valence electrons. The average Bonchev–Trinajstić information content (AvgIpc) is 0.710. The second kappa shape index (κ2) is 27.1. The van der Waals surface area contributed by atoms with Crippen molar-refractivity contribution >= 4 is 123 Å². The zero-order valence-corrected chi connectivity index (χ0v) is 57.1. The Morgan fingerprint density at radius 1 is 0.680 bits per heavy atom. The zero-order valence-electron chi connectivity index (χ0n) is 54.7. The van der Waals surface area contributed by atoms with Gasteiger partial charge in [-0.15, -0.1) is 23.2 Å². The van der Waals surface area contributed by atoms with E-state index in [-0.39, 0.29) is 145 Å². The molecule has 4 unspecified atom stereocenters. The number of urea groups is 1. The third-order valence-electron chi connectivity index (χ3n) is 22.0. The summed E-state index contributed by atoms with van der Waals surface area (Å²) in [6.45, 7) is 6.23. The van der Waals surface area contributed by atoms with Gasteiger partial charge in [0.15, 0.2) is 5.78 Å². The Bertz CT molecular complexity index is 4020. The van der Waals surface area contributed by atoms with Crippen molar-refractivity contribution in [2.75, 3.05) is 80.2 Å². The highest BCUT2D eigenvalue weighted by atomic mass is 35.5. The number of amides is 8. The zero-order chi connectivity index (χ0) is 69.3. The number of ether oxygens (including phenoxy) is 2. The number of unbranched alkanes of at least 4 members (excludes halogenated alkanes) is 1. The first-order valence-electron chi connectivity index (χ1n) is 33.2. The van der Waals surface area contributed by atoms with E-state index in [1.807, 2.05) is 41.3 Å². The first-order valence-corrected chi connectivity index (χ1v) is 35.8. The average molecular weight is 1390 g/mol. The Morgan fingerprint density at radius 2 is 1.18 bits per heavy atom. The normalized spacial score (nSPS) is 24.7. The van der Waals surface area contributed by atoms with Crippen molar-refractivity contribution in [1.29, 1.82) is 0 Å². The molecule has 24 nitrogen and oxygen atoms in total. The van der Waals surface area contributed by atoms with Gasteiger partial charge in [-0.05, 0) is 120 Å². The molecule has 2 heterocycles. The lowest BCUT2D eigenvalue weighted by atomic mass is 8.92. The van der Waals surface area contributed by atoms with Crippen LogP contribution in [0.1, 0.15) is 94.2 Å². The largest absolute Gasteiger partial charge is 0.524 e. The van der Waals surface area contributed by atoms with Crippen LogP contribution in [0.5, 0.6) is 11.5 Å².